The predicted molar refractivity (Wildman–Crippen MR) is 66.0 cm³/mol. The number of carbonyl (C=O) groups excluding carboxylic acids is 2. The fraction of sp³-hybridized carbons (Fsp3) is 0.636. The van der Waals surface area contributed by atoms with Crippen molar-refractivity contribution < 1.29 is 14.2 Å². The topological polar surface area (TPSA) is 114 Å². The molecule has 2 rings (SSSR count). The molecule has 3 N–H and O–H groups in total. The van der Waals surface area contributed by atoms with Gasteiger partial charge in [-0.2, -0.15) is 0 Å². The van der Waals surface area contributed by atoms with E-state index in [1.165, 1.54) is 6.92 Å². The lowest BCUT2D eigenvalue weighted by Gasteiger charge is -2.31. The summed E-state index contributed by atoms with van der Waals surface area (Å²) in [5.41, 5.74) is 5.56. The highest BCUT2D eigenvalue weighted by Crippen LogP contribution is 2.19. The van der Waals surface area contributed by atoms with Crippen molar-refractivity contribution in [2.75, 3.05) is 25.4 Å². The van der Waals surface area contributed by atoms with E-state index in [0.717, 1.165) is 12.8 Å². The number of piperidine rings is 1. The molecule has 0 aromatic carbocycles. The first-order chi connectivity index (χ1) is 9.08. The number of likely N-dealkylation sites (tertiary alicyclic amines) is 1. The average Bonchev–Trinajstić information content (AvgIpc) is 2.82. The van der Waals surface area contributed by atoms with Crippen LogP contribution in [0.5, 0.6) is 0 Å². The van der Waals surface area contributed by atoms with Gasteiger partial charge in [0.15, 0.2) is 0 Å². The Bertz CT molecular complexity index is 465. The summed E-state index contributed by atoms with van der Waals surface area (Å²) in [5, 5.41) is 9.70. The summed E-state index contributed by atoms with van der Waals surface area (Å²) in [6, 6.07) is 0. The van der Waals surface area contributed by atoms with Crippen molar-refractivity contribution >= 4 is 17.6 Å². The summed E-state index contributed by atoms with van der Waals surface area (Å²) in [5.74, 6) is 0.141. The number of nitrogen functional groups attached to an aromatic ring is 1. The monoisotopic (exact) mass is 267 g/mol. The van der Waals surface area contributed by atoms with Gasteiger partial charge in [-0.25, -0.2) is 4.63 Å². The average molecular weight is 267 g/mol. The molecule has 2 amide bonds. The van der Waals surface area contributed by atoms with Crippen LogP contribution in [0.1, 0.15) is 30.3 Å². The Morgan fingerprint density at radius 2 is 2.11 bits per heavy atom. The van der Waals surface area contributed by atoms with E-state index in [2.05, 4.69) is 20.3 Å². The van der Waals surface area contributed by atoms with Crippen molar-refractivity contribution in [3.8, 4) is 0 Å². The minimum atomic E-state index is -0.253. The number of aromatic nitrogens is 2. The fourth-order valence-electron chi connectivity index (χ4n) is 2.12. The fourth-order valence-corrected chi connectivity index (χ4v) is 2.12. The Balaban J connectivity index is 1.85. The Labute approximate surface area is 110 Å². The van der Waals surface area contributed by atoms with Crippen molar-refractivity contribution in [2.45, 2.75) is 19.8 Å². The summed E-state index contributed by atoms with van der Waals surface area (Å²) in [4.78, 5) is 24.6. The number of nitrogens with two attached hydrogens (primary N) is 1. The second-order valence-corrected chi connectivity index (χ2v) is 4.67. The number of carbonyl (C=O) groups is 2. The summed E-state index contributed by atoms with van der Waals surface area (Å²) in [7, 11) is 0. The lowest BCUT2D eigenvalue weighted by atomic mass is 9.96. The van der Waals surface area contributed by atoms with Crippen LogP contribution in [-0.4, -0.2) is 46.7 Å². The molecule has 19 heavy (non-hydrogen) atoms. The number of hydrogen-bond donors (Lipinski definition) is 2. The van der Waals surface area contributed by atoms with Crippen LogP contribution in [0.4, 0.5) is 5.82 Å². The molecule has 1 aromatic rings. The van der Waals surface area contributed by atoms with Crippen molar-refractivity contribution in [1.82, 2.24) is 20.5 Å². The van der Waals surface area contributed by atoms with Crippen molar-refractivity contribution in [3.05, 3.63) is 5.69 Å². The highest BCUT2D eigenvalue weighted by molar-refractivity contribution is 5.96. The molecule has 0 bridgehead atoms. The predicted octanol–water partition coefficient (Wildman–Crippen LogP) is -0.360. The van der Waals surface area contributed by atoms with Gasteiger partial charge in [0.25, 0.3) is 5.91 Å². The number of rotatable bonds is 3. The van der Waals surface area contributed by atoms with E-state index >= 15 is 0 Å². The molecule has 1 aromatic heterocycles. The Morgan fingerprint density at radius 3 is 2.63 bits per heavy atom. The van der Waals surface area contributed by atoms with Gasteiger partial charge in [-0.3, -0.25) is 9.59 Å². The van der Waals surface area contributed by atoms with Crippen LogP contribution in [0.25, 0.3) is 0 Å². The molecule has 0 radical (unpaired) electrons. The lowest BCUT2D eigenvalue weighted by molar-refractivity contribution is -0.119. The van der Waals surface area contributed by atoms with Crippen LogP contribution >= 0.6 is 0 Å². The second-order valence-electron chi connectivity index (χ2n) is 4.67. The highest BCUT2D eigenvalue weighted by atomic mass is 16.6. The van der Waals surface area contributed by atoms with Gasteiger partial charge in [0.2, 0.25) is 17.4 Å². The molecule has 1 aliphatic heterocycles. The first kappa shape index (κ1) is 13.3. The van der Waals surface area contributed by atoms with Gasteiger partial charge in [-0.1, -0.05) is 0 Å². The standard InChI is InChI=1S/C11H17N5O3/c1-7(17)13-6-8-2-4-16(5-3-8)11(18)9-10(12)15-19-14-9/h8H,2-6H2,1H3,(H2,12,15)(H,13,17). The zero-order valence-electron chi connectivity index (χ0n) is 10.8. The molecule has 0 spiro atoms. The van der Waals surface area contributed by atoms with Crippen LogP contribution in [0.15, 0.2) is 4.63 Å². The van der Waals surface area contributed by atoms with Gasteiger partial charge in [-0.15, -0.1) is 0 Å². The van der Waals surface area contributed by atoms with Gasteiger partial charge in [0.05, 0.1) is 0 Å². The van der Waals surface area contributed by atoms with Crippen LogP contribution in [0.2, 0.25) is 0 Å². The number of hydrogen-bond acceptors (Lipinski definition) is 6. The summed E-state index contributed by atoms with van der Waals surface area (Å²) >= 11 is 0. The SMILES string of the molecule is CC(=O)NCC1CCN(C(=O)c2nonc2N)CC1. The molecular formula is C11H17N5O3. The number of anilines is 1. The summed E-state index contributed by atoms with van der Waals surface area (Å²) < 4.78 is 4.42. The maximum atomic E-state index is 12.1. The third-order valence-corrected chi connectivity index (χ3v) is 3.26. The van der Waals surface area contributed by atoms with E-state index in [1.54, 1.807) is 4.90 Å². The molecule has 2 heterocycles. The van der Waals surface area contributed by atoms with E-state index in [0.29, 0.717) is 25.6 Å². The lowest BCUT2D eigenvalue weighted by Crippen LogP contribution is -2.41. The van der Waals surface area contributed by atoms with E-state index in [4.69, 9.17) is 5.73 Å². The van der Waals surface area contributed by atoms with E-state index in [-0.39, 0.29) is 23.3 Å². The third kappa shape index (κ3) is 3.21. The Kier molecular flexibility index (Phi) is 3.98. The largest absolute Gasteiger partial charge is 0.379 e. The molecule has 8 nitrogen and oxygen atoms in total. The quantitative estimate of drug-likeness (QED) is 0.773. The maximum absolute atomic E-state index is 12.1. The Hall–Kier alpha value is -2.12. The first-order valence-corrected chi connectivity index (χ1v) is 6.19. The minimum Gasteiger partial charge on any atom is -0.379 e. The van der Waals surface area contributed by atoms with Crippen LogP contribution < -0.4 is 11.1 Å². The third-order valence-electron chi connectivity index (χ3n) is 3.26. The molecule has 1 fully saturated rings. The van der Waals surface area contributed by atoms with Crippen LogP contribution in [0.3, 0.4) is 0 Å². The van der Waals surface area contributed by atoms with Crippen molar-refractivity contribution in [1.29, 1.82) is 0 Å². The van der Waals surface area contributed by atoms with Gasteiger partial charge in [0.1, 0.15) is 0 Å². The van der Waals surface area contributed by atoms with Crippen molar-refractivity contribution in [2.24, 2.45) is 5.92 Å². The van der Waals surface area contributed by atoms with Gasteiger partial charge in [-0.05, 0) is 29.1 Å². The second kappa shape index (κ2) is 5.68. The highest BCUT2D eigenvalue weighted by Gasteiger charge is 2.27. The first-order valence-electron chi connectivity index (χ1n) is 6.19. The number of amides is 2. The zero-order chi connectivity index (χ0) is 13.8. The van der Waals surface area contributed by atoms with E-state index < -0.39 is 0 Å². The summed E-state index contributed by atoms with van der Waals surface area (Å²) in [6.07, 6.45) is 1.69. The normalized spacial score (nSPS) is 16.4. The van der Waals surface area contributed by atoms with Crippen molar-refractivity contribution in [3.63, 3.8) is 0 Å². The molecule has 1 aliphatic rings. The maximum Gasteiger partial charge on any atom is 0.280 e. The minimum absolute atomic E-state index is 0.0189. The molecule has 0 aliphatic carbocycles. The van der Waals surface area contributed by atoms with Gasteiger partial charge < -0.3 is 16.0 Å². The number of nitrogens with one attached hydrogen (secondary N) is 1. The van der Waals surface area contributed by atoms with Gasteiger partial charge >= 0.3 is 0 Å². The van der Waals surface area contributed by atoms with Gasteiger partial charge in [0, 0.05) is 26.6 Å². The van der Waals surface area contributed by atoms with Crippen LogP contribution in [0, 0.1) is 5.92 Å². The molecule has 0 saturated carbocycles. The van der Waals surface area contributed by atoms with Crippen LogP contribution in [-0.2, 0) is 4.79 Å². The molecular weight excluding hydrogens is 250 g/mol. The molecule has 1 saturated heterocycles. The molecule has 0 unspecified atom stereocenters. The zero-order valence-corrected chi connectivity index (χ0v) is 10.8. The van der Waals surface area contributed by atoms with E-state index in [1.807, 2.05) is 0 Å². The molecule has 104 valence electrons. The number of nitrogens with zero attached hydrogens (tertiary/aromatic N) is 3. The molecule has 8 heteroatoms. The smallest absolute Gasteiger partial charge is 0.280 e. The summed E-state index contributed by atoms with van der Waals surface area (Å²) in [6.45, 7) is 3.40. The van der Waals surface area contributed by atoms with E-state index in [9.17, 15) is 9.59 Å². The molecule has 0 atom stereocenters. The Morgan fingerprint density at radius 1 is 1.42 bits per heavy atom.